The second-order valence-electron chi connectivity index (χ2n) is 8.06. The lowest BCUT2D eigenvalue weighted by molar-refractivity contribution is 0.0789. The summed E-state index contributed by atoms with van der Waals surface area (Å²) < 4.78 is 0. The molecule has 2 aromatic heterocycles. The number of hydrogen-bond donors (Lipinski definition) is 1. The second kappa shape index (κ2) is 8.82. The normalized spacial score (nSPS) is 11.2. The SMILES string of the molecule is CN(CCc1ccncc1)C(=O)c1ccc(Nc2ccccc2C(C)(C)C)nn1. The molecule has 0 aliphatic heterocycles. The van der Waals surface area contributed by atoms with E-state index in [4.69, 9.17) is 0 Å². The van der Waals surface area contributed by atoms with Crippen LogP contribution < -0.4 is 5.32 Å². The summed E-state index contributed by atoms with van der Waals surface area (Å²) in [5.74, 6) is 0.464. The van der Waals surface area contributed by atoms with E-state index in [2.05, 4.69) is 47.3 Å². The smallest absolute Gasteiger partial charge is 0.274 e. The lowest BCUT2D eigenvalue weighted by Crippen LogP contribution is -2.29. The predicted molar refractivity (Wildman–Crippen MR) is 115 cm³/mol. The molecule has 0 bridgehead atoms. The van der Waals surface area contributed by atoms with E-state index in [9.17, 15) is 4.79 Å². The molecule has 0 saturated heterocycles. The van der Waals surface area contributed by atoms with Gasteiger partial charge in [-0.15, -0.1) is 10.2 Å². The quantitative estimate of drug-likeness (QED) is 0.683. The number of rotatable bonds is 6. The first kappa shape index (κ1) is 20.5. The van der Waals surface area contributed by atoms with Crippen molar-refractivity contribution in [3.8, 4) is 0 Å². The fraction of sp³-hybridized carbons (Fsp3) is 0.304. The molecule has 150 valence electrons. The zero-order valence-electron chi connectivity index (χ0n) is 17.4. The van der Waals surface area contributed by atoms with Gasteiger partial charge >= 0.3 is 0 Å². The first-order valence-electron chi connectivity index (χ1n) is 9.69. The van der Waals surface area contributed by atoms with Crippen LogP contribution in [-0.2, 0) is 11.8 Å². The number of amides is 1. The zero-order valence-corrected chi connectivity index (χ0v) is 17.4. The number of likely N-dealkylation sites (N-methyl/N-ethyl adjacent to an activating group) is 1. The summed E-state index contributed by atoms with van der Waals surface area (Å²) in [6, 6.07) is 15.5. The maximum absolute atomic E-state index is 12.6. The number of nitrogens with one attached hydrogen (secondary N) is 1. The van der Waals surface area contributed by atoms with Gasteiger partial charge in [0, 0.05) is 31.7 Å². The summed E-state index contributed by atoms with van der Waals surface area (Å²) in [7, 11) is 1.77. The van der Waals surface area contributed by atoms with Crippen LogP contribution in [0, 0.1) is 0 Å². The van der Waals surface area contributed by atoms with E-state index in [-0.39, 0.29) is 11.3 Å². The van der Waals surface area contributed by atoms with E-state index >= 15 is 0 Å². The minimum atomic E-state index is -0.145. The molecule has 1 aromatic carbocycles. The zero-order chi connectivity index (χ0) is 20.9. The lowest BCUT2D eigenvalue weighted by Gasteiger charge is -2.23. The standard InChI is InChI=1S/C23H27N5O/c1-23(2,3)18-7-5-6-8-19(18)25-21-10-9-20(26-27-21)22(29)28(4)16-13-17-11-14-24-15-12-17/h5-12,14-15H,13,16H2,1-4H3,(H,25,27). The van der Waals surface area contributed by atoms with Crippen molar-refractivity contribution in [2.24, 2.45) is 0 Å². The number of para-hydroxylation sites is 1. The molecule has 0 aliphatic rings. The van der Waals surface area contributed by atoms with Crippen LogP contribution in [0.2, 0.25) is 0 Å². The van der Waals surface area contributed by atoms with Crippen LogP contribution >= 0.6 is 0 Å². The second-order valence-corrected chi connectivity index (χ2v) is 8.06. The van der Waals surface area contributed by atoms with E-state index in [0.717, 1.165) is 17.7 Å². The van der Waals surface area contributed by atoms with Gasteiger partial charge in [0.1, 0.15) is 0 Å². The van der Waals surface area contributed by atoms with Crippen molar-refractivity contribution in [2.45, 2.75) is 32.6 Å². The largest absolute Gasteiger partial charge is 0.340 e. The molecule has 0 spiro atoms. The van der Waals surface area contributed by atoms with Crippen molar-refractivity contribution in [1.29, 1.82) is 0 Å². The van der Waals surface area contributed by atoms with E-state index < -0.39 is 0 Å². The Kier molecular flexibility index (Phi) is 6.22. The lowest BCUT2D eigenvalue weighted by atomic mass is 9.86. The van der Waals surface area contributed by atoms with Gasteiger partial charge in [0.05, 0.1) is 0 Å². The number of benzene rings is 1. The number of aromatic nitrogens is 3. The highest BCUT2D eigenvalue weighted by Crippen LogP contribution is 2.30. The molecule has 0 unspecified atom stereocenters. The summed E-state index contributed by atoms with van der Waals surface area (Å²) in [5, 5.41) is 11.6. The first-order chi connectivity index (χ1) is 13.8. The van der Waals surface area contributed by atoms with Crippen LogP contribution in [0.1, 0.15) is 42.4 Å². The van der Waals surface area contributed by atoms with Crippen LogP contribution in [0.5, 0.6) is 0 Å². The monoisotopic (exact) mass is 389 g/mol. The number of hydrogen-bond acceptors (Lipinski definition) is 5. The van der Waals surface area contributed by atoms with Gasteiger partial charge in [0.2, 0.25) is 0 Å². The molecule has 0 radical (unpaired) electrons. The highest BCUT2D eigenvalue weighted by Gasteiger charge is 2.18. The molecular formula is C23H27N5O. The third kappa shape index (κ3) is 5.38. The van der Waals surface area contributed by atoms with Gasteiger partial charge in [-0.25, -0.2) is 0 Å². The Hall–Kier alpha value is -3.28. The first-order valence-corrected chi connectivity index (χ1v) is 9.69. The van der Waals surface area contributed by atoms with Crippen LogP contribution in [0.4, 0.5) is 11.5 Å². The summed E-state index contributed by atoms with van der Waals surface area (Å²) in [6.07, 6.45) is 4.28. The van der Waals surface area contributed by atoms with Crippen LogP contribution in [-0.4, -0.2) is 39.6 Å². The van der Waals surface area contributed by atoms with Gasteiger partial charge in [-0.05, 0) is 53.3 Å². The molecule has 0 saturated carbocycles. The fourth-order valence-corrected chi connectivity index (χ4v) is 3.04. The number of nitrogens with zero attached hydrogens (tertiary/aromatic N) is 4. The maximum Gasteiger partial charge on any atom is 0.274 e. The Bertz CT molecular complexity index is 949. The van der Waals surface area contributed by atoms with E-state index in [1.807, 2.05) is 30.3 Å². The highest BCUT2D eigenvalue weighted by molar-refractivity contribution is 5.92. The number of carbonyl (C=O) groups is 1. The van der Waals surface area contributed by atoms with Crippen molar-refractivity contribution in [3.63, 3.8) is 0 Å². The Morgan fingerprint density at radius 2 is 1.72 bits per heavy atom. The van der Waals surface area contributed by atoms with Gasteiger partial charge in [-0.3, -0.25) is 9.78 Å². The van der Waals surface area contributed by atoms with Gasteiger partial charge < -0.3 is 10.2 Å². The van der Waals surface area contributed by atoms with Crippen molar-refractivity contribution in [3.05, 3.63) is 77.7 Å². The van der Waals surface area contributed by atoms with Gasteiger partial charge in [0.15, 0.2) is 11.5 Å². The summed E-state index contributed by atoms with van der Waals surface area (Å²) >= 11 is 0. The average Bonchev–Trinajstić information content (AvgIpc) is 2.72. The molecular weight excluding hydrogens is 362 g/mol. The third-order valence-electron chi connectivity index (χ3n) is 4.71. The van der Waals surface area contributed by atoms with Crippen molar-refractivity contribution >= 4 is 17.4 Å². The van der Waals surface area contributed by atoms with Crippen LogP contribution in [0.3, 0.4) is 0 Å². The van der Waals surface area contributed by atoms with Gasteiger partial charge in [-0.2, -0.15) is 0 Å². The van der Waals surface area contributed by atoms with Crippen LogP contribution in [0.25, 0.3) is 0 Å². The molecule has 6 nitrogen and oxygen atoms in total. The van der Waals surface area contributed by atoms with Crippen molar-refractivity contribution in [2.75, 3.05) is 18.9 Å². The molecule has 2 heterocycles. The molecule has 3 rings (SSSR count). The Morgan fingerprint density at radius 1 is 1.00 bits per heavy atom. The van der Waals surface area contributed by atoms with E-state index in [0.29, 0.717) is 18.1 Å². The number of anilines is 2. The number of carbonyl (C=O) groups excluding carboxylic acids is 1. The number of pyridine rings is 1. The summed E-state index contributed by atoms with van der Waals surface area (Å²) in [6.45, 7) is 7.11. The molecule has 1 amide bonds. The van der Waals surface area contributed by atoms with Gasteiger partial charge in [0.25, 0.3) is 5.91 Å². The van der Waals surface area contributed by atoms with Crippen molar-refractivity contribution in [1.82, 2.24) is 20.1 Å². The minimum Gasteiger partial charge on any atom is -0.340 e. The highest BCUT2D eigenvalue weighted by atomic mass is 16.2. The topological polar surface area (TPSA) is 71.0 Å². The molecule has 6 heteroatoms. The Labute approximate surface area is 172 Å². The van der Waals surface area contributed by atoms with E-state index in [1.54, 1.807) is 36.5 Å². The Balaban J connectivity index is 1.65. The van der Waals surface area contributed by atoms with Crippen LogP contribution in [0.15, 0.2) is 60.9 Å². The Morgan fingerprint density at radius 3 is 2.38 bits per heavy atom. The molecule has 29 heavy (non-hydrogen) atoms. The van der Waals surface area contributed by atoms with E-state index in [1.165, 1.54) is 5.56 Å². The predicted octanol–water partition coefficient (Wildman–Crippen LogP) is 4.23. The van der Waals surface area contributed by atoms with Gasteiger partial charge in [-0.1, -0.05) is 39.0 Å². The summed E-state index contributed by atoms with van der Waals surface area (Å²) in [4.78, 5) is 18.3. The molecule has 1 N–H and O–H groups in total. The van der Waals surface area contributed by atoms with Crippen molar-refractivity contribution < 1.29 is 4.79 Å². The average molecular weight is 390 g/mol. The molecule has 3 aromatic rings. The fourth-order valence-electron chi connectivity index (χ4n) is 3.04. The molecule has 0 fully saturated rings. The summed E-state index contributed by atoms with van der Waals surface area (Å²) in [5.41, 5.74) is 3.66. The third-order valence-corrected chi connectivity index (χ3v) is 4.71. The molecule has 0 aliphatic carbocycles. The molecule has 0 atom stereocenters. The minimum absolute atomic E-state index is 0.00442. The maximum atomic E-state index is 12.6.